The number of amides is 1. The first kappa shape index (κ1) is 19.3. The number of rotatable bonds is 5. The maximum Gasteiger partial charge on any atom is 0.225 e. The van der Waals surface area contributed by atoms with E-state index in [1.54, 1.807) is 0 Å². The number of carbonyl (C=O) groups excluding carboxylic acids is 1. The predicted octanol–water partition coefficient (Wildman–Crippen LogP) is 3.06. The molecule has 1 atom stereocenters. The number of hydrogen-bond donors (Lipinski definition) is 2. The predicted molar refractivity (Wildman–Crippen MR) is 113 cm³/mol. The lowest BCUT2D eigenvalue weighted by Gasteiger charge is -2.26. The Labute approximate surface area is 169 Å². The van der Waals surface area contributed by atoms with Gasteiger partial charge in [-0.1, -0.05) is 49.6 Å². The minimum Gasteiger partial charge on any atom is -0.356 e. The number of likely N-dealkylation sites (tertiary alicyclic amines) is 1. The van der Waals surface area contributed by atoms with Crippen molar-refractivity contribution in [2.75, 3.05) is 26.7 Å². The van der Waals surface area contributed by atoms with Gasteiger partial charge in [0, 0.05) is 44.1 Å². The number of benzene rings is 1. The summed E-state index contributed by atoms with van der Waals surface area (Å²) in [5, 5.41) is 7.09. The Morgan fingerprint density at radius 3 is 2.57 bits per heavy atom. The summed E-state index contributed by atoms with van der Waals surface area (Å²) in [4.78, 5) is 19.3. The Morgan fingerprint density at radius 1 is 1.14 bits per heavy atom. The van der Waals surface area contributed by atoms with Crippen LogP contribution in [0.5, 0.6) is 0 Å². The first-order valence-electron chi connectivity index (χ1n) is 11.0. The van der Waals surface area contributed by atoms with E-state index in [-0.39, 0.29) is 11.3 Å². The zero-order chi connectivity index (χ0) is 19.4. The van der Waals surface area contributed by atoms with Crippen LogP contribution in [0.15, 0.2) is 35.3 Å². The highest BCUT2D eigenvalue weighted by atomic mass is 16.2. The molecule has 3 aliphatic rings. The van der Waals surface area contributed by atoms with Gasteiger partial charge in [0.1, 0.15) is 0 Å². The summed E-state index contributed by atoms with van der Waals surface area (Å²) in [5.41, 5.74) is 1.68. The van der Waals surface area contributed by atoms with Crippen LogP contribution < -0.4 is 10.6 Å². The van der Waals surface area contributed by atoms with Crippen molar-refractivity contribution in [3.8, 4) is 0 Å². The van der Waals surface area contributed by atoms with E-state index >= 15 is 0 Å². The van der Waals surface area contributed by atoms with Crippen molar-refractivity contribution >= 4 is 11.9 Å². The van der Waals surface area contributed by atoms with Gasteiger partial charge in [0.25, 0.3) is 0 Å². The van der Waals surface area contributed by atoms with E-state index in [1.807, 2.05) is 7.05 Å². The van der Waals surface area contributed by atoms with Crippen molar-refractivity contribution in [1.82, 2.24) is 15.5 Å². The van der Waals surface area contributed by atoms with Crippen LogP contribution in [0.4, 0.5) is 0 Å². The van der Waals surface area contributed by atoms with Crippen LogP contribution in [-0.4, -0.2) is 49.5 Å². The van der Waals surface area contributed by atoms with Gasteiger partial charge >= 0.3 is 0 Å². The first-order valence-corrected chi connectivity index (χ1v) is 11.0. The SMILES string of the molecule is CN=C(NCC1(c2ccccc2)CC1)NC1CCN(C(=O)C2CCCCC2)C1. The molecule has 1 heterocycles. The van der Waals surface area contributed by atoms with Crippen LogP contribution in [-0.2, 0) is 10.2 Å². The van der Waals surface area contributed by atoms with Crippen LogP contribution >= 0.6 is 0 Å². The van der Waals surface area contributed by atoms with Crippen LogP contribution in [0.3, 0.4) is 0 Å². The smallest absolute Gasteiger partial charge is 0.225 e. The lowest BCUT2D eigenvalue weighted by atomic mass is 9.88. The van der Waals surface area contributed by atoms with Crippen LogP contribution in [0.2, 0.25) is 0 Å². The van der Waals surface area contributed by atoms with Crippen molar-refractivity contribution in [2.24, 2.45) is 10.9 Å². The molecule has 1 unspecified atom stereocenters. The van der Waals surface area contributed by atoms with Crippen molar-refractivity contribution in [1.29, 1.82) is 0 Å². The minimum absolute atomic E-state index is 0.261. The molecule has 28 heavy (non-hydrogen) atoms. The topological polar surface area (TPSA) is 56.7 Å². The molecule has 4 rings (SSSR count). The van der Waals surface area contributed by atoms with E-state index in [0.29, 0.717) is 11.9 Å². The Morgan fingerprint density at radius 2 is 1.89 bits per heavy atom. The summed E-state index contributed by atoms with van der Waals surface area (Å²) in [7, 11) is 1.83. The Balaban J connectivity index is 1.26. The lowest BCUT2D eigenvalue weighted by molar-refractivity contribution is -0.135. The minimum atomic E-state index is 0.261. The van der Waals surface area contributed by atoms with E-state index < -0.39 is 0 Å². The van der Waals surface area contributed by atoms with Gasteiger partial charge in [-0.25, -0.2) is 0 Å². The summed E-state index contributed by atoms with van der Waals surface area (Å²) in [6, 6.07) is 11.1. The summed E-state index contributed by atoms with van der Waals surface area (Å²) in [5.74, 6) is 1.51. The van der Waals surface area contributed by atoms with E-state index in [2.05, 4.69) is 50.9 Å². The fraction of sp³-hybridized carbons (Fsp3) is 0.652. The number of hydrogen-bond acceptors (Lipinski definition) is 2. The molecule has 0 radical (unpaired) electrons. The number of carbonyl (C=O) groups is 1. The molecule has 2 saturated carbocycles. The van der Waals surface area contributed by atoms with E-state index in [4.69, 9.17) is 0 Å². The second kappa shape index (κ2) is 8.54. The molecule has 1 aromatic carbocycles. The fourth-order valence-corrected chi connectivity index (χ4v) is 4.84. The van der Waals surface area contributed by atoms with E-state index in [0.717, 1.165) is 44.9 Å². The maximum atomic E-state index is 12.8. The Hall–Kier alpha value is -2.04. The fourth-order valence-electron chi connectivity index (χ4n) is 4.84. The maximum absolute atomic E-state index is 12.8. The number of nitrogens with one attached hydrogen (secondary N) is 2. The number of guanidine groups is 1. The van der Waals surface area contributed by atoms with E-state index in [1.165, 1.54) is 37.7 Å². The van der Waals surface area contributed by atoms with Gasteiger partial charge in [0.05, 0.1) is 0 Å². The van der Waals surface area contributed by atoms with Gasteiger partial charge in [0.2, 0.25) is 5.91 Å². The molecule has 0 spiro atoms. The van der Waals surface area contributed by atoms with Crippen LogP contribution in [0.1, 0.15) is 56.9 Å². The van der Waals surface area contributed by atoms with Gasteiger partial charge in [0.15, 0.2) is 5.96 Å². The quantitative estimate of drug-likeness (QED) is 0.608. The lowest BCUT2D eigenvalue weighted by Crippen LogP contribution is -2.47. The van der Waals surface area contributed by atoms with Gasteiger partial charge in [-0.15, -0.1) is 0 Å². The van der Waals surface area contributed by atoms with Crippen LogP contribution in [0.25, 0.3) is 0 Å². The summed E-state index contributed by atoms with van der Waals surface area (Å²) in [6.45, 7) is 2.59. The molecule has 1 amide bonds. The zero-order valence-corrected chi connectivity index (χ0v) is 17.1. The largest absolute Gasteiger partial charge is 0.356 e. The molecule has 5 heteroatoms. The summed E-state index contributed by atoms with van der Waals surface area (Å²) >= 11 is 0. The standard InChI is InChI=1S/C23H34N4O/c1-24-22(25-17-23(13-14-23)19-10-6-3-7-11-19)26-20-12-15-27(16-20)21(28)18-8-4-2-5-9-18/h3,6-7,10-11,18,20H,2,4-5,8-9,12-17H2,1H3,(H2,24,25,26). The molecular formula is C23H34N4O. The molecule has 1 saturated heterocycles. The third-order valence-electron chi connectivity index (χ3n) is 6.85. The number of nitrogens with zero attached hydrogens (tertiary/aromatic N) is 2. The molecule has 1 aromatic rings. The van der Waals surface area contributed by atoms with Crippen molar-refractivity contribution in [3.05, 3.63) is 35.9 Å². The van der Waals surface area contributed by atoms with Crippen molar-refractivity contribution in [2.45, 2.75) is 62.8 Å². The van der Waals surface area contributed by atoms with Gasteiger partial charge in [-0.2, -0.15) is 0 Å². The third kappa shape index (κ3) is 4.34. The Bertz CT molecular complexity index is 692. The molecule has 1 aliphatic heterocycles. The van der Waals surface area contributed by atoms with Crippen molar-refractivity contribution in [3.63, 3.8) is 0 Å². The molecule has 0 bridgehead atoms. The monoisotopic (exact) mass is 382 g/mol. The molecule has 152 valence electrons. The summed E-state index contributed by atoms with van der Waals surface area (Å²) in [6.07, 6.45) is 9.35. The van der Waals surface area contributed by atoms with Crippen molar-refractivity contribution < 1.29 is 4.79 Å². The van der Waals surface area contributed by atoms with Crippen LogP contribution in [0, 0.1) is 5.92 Å². The van der Waals surface area contributed by atoms with Gasteiger partial charge in [-0.3, -0.25) is 9.79 Å². The highest BCUT2D eigenvalue weighted by Crippen LogP contribution is 2.47. The zero-order valence-electron chi connectivity index (χ0n) is 17.1. The second-order valence-electron chi connectivity index (χ2n) is 8.82. The average Bonchev–Trinajstić information content (AvgIpc) is 3.41. The summed E-state index contributed by atoms with van der Waals surface area (Å²) < 4.78 is 0. The van der Waals surface area contributed by atoms with Gasteiger partial charge < -0.3 is 15.5 Å². The Kier molecular flexibility index (Phi) is 5.88. The first-order chi connectivity index (χ1) is 13.7. The molecule has 2 aliphatic carbocycles. The highest BCUT2D eigenvalue weighted by Gasteiger charge is 2.44. The highest BCUT2D eigenvalue weighted by molar-refractivity contribution is 5.81. The molecule has 3 fully saturated rings. The molecule has 0 aromatic heterocycles. The van der Waals surface area contributed by atoms with Gasteiger partial charge in [-0.05, 0) is 37.7 Å². The second-order valence-corrected chi connectivity index (χ2v) is 8.82. The normalized spacial score (nSPS) is 24.8. The average molecular weight is 383 g/mol. The third-order valence-corrected chi connectivity index (χ3v) is 6.85. The molecule has 2 N–H and O–H groups in total. The number of aliphatic imine (C=N–C) groups is 1. The molecular weight excluding hydrogens is 348 g/mol. The van der Waals surface area contributed by atoms with E-state index in [9.17, 15) is 4.79 Å². The molecule has 5 nitrogen and oxygen atoms in total.